The molecule has 3 atom stereocenters. The summed E-state index contributed by atoms with van der Waals surface area (Å²) in [4.78, 5) is 12.2. The van der Waals surface area contributed by atoms with Gasteiger partial charge in [0.05, 0.1) is 30.0 Å². The number of hydrogen-bond acceptors (Lipinski definition) is 4. The molecule has 3 unspecified atom stereocenters. The second-order valence-corrected chi connectivity index (χ2v) is 6.64. The lowest BCUT2D eigenvalue weighted by Gasteiger charge is -2.45. The summed E-state index contributed by atoms with van der Waals surface area (Å²) in [6, 6.07) is 0. The van der Waals surface area contributed by atoms with Crippen LogP contribution < -0.4 is 10.2 Å². The summed E-state index contributed by atoms with van der Waals surface area (Å²) in [5.74, 6) is 0.199. The molecular formula is C15H18BrNO4. The molecule has 0 aromatic carbocycles. The molecule has 3 rings (SSSR count). The van der Waals surface area contributed by atoms with Crippen LogP contribution in [0.25, 0.3) is 0 Å². The van der Waals surface area contributed by atoms with Gasteiger partial charge >= 0.3 is 0 Å². The van der Waals surface area contributed by atoms with Crippen molar-refractivity contribution in [3.8, 4) is 5.75 Å². The Labute approximate surface area is 131 Å². The molecule has 6 heteroatoms. The van der Waals surface area contributed by atoms with Gasteiger partial charge in [-0.2, -0.15) is 0 Å². The van der Waals surface area contributed by atoms with Gasteiger partial charge in [-0.05, 0) is 22.4 Å². The molecule has 0 radical (unpaired) electrons. The fraction of sp³-hybridized carbons (Fsp3) is 0.533. The monoisotopic (exact) mass is 355 g/mol. The molecule has 3 heterocycles. The average molecular weight is 356 g/mol. The number of aliphatic hydroxyl groups is 1. The van der Waals surface area contributed by atoms with Gasteiger partial charge in [0, 0.05) is 18.2 Å². The van der Waals surface area contributed by atoms with Gasteiger partial charge in [-0.15, -0.1) is 0 Å². The maximum absolute atomic E-state index is 12.2. The van der Waals surface area contributed by atoms with Crippen molar-refractivity contribution in [2.45, 2.75) is 32.1 Å². The zero-order valence-electron chi connectivity index (χ0n) is 12.0. The summed E-state index contributed by atoms with van der Waals surface area (Å²) in [5.41, 5.74) is -0.182. The van der Waals surface area contributed by atoms with Gasteiger partial charge < -0.3 is 19.1 Å². The molecule has 2 aliphatic heterocycles. The van der Waals surface area contributed by atoms with Crippen molar-refractivity contribution in [1.29, 1.82) is 0 Å². The number of halogens is 1. The van der Waals surface area contributed by atoms with Crippen molar-refractivity contribution in [2.24, 2.45) is 5.41 Å². The summed E-state index contributed by atoms with van der Waals surface area (Å²) in [7, 11) is 1.45. The molecule has 0 aliphatic carbocycles. The molecular weight excluding hydrogens is 338 g/mol. The van der Waals surface area contributed by atoms with E-state index < -0.39 is 11.5 Å². The molecule has 0 saturated carbocycles. The highest BCUT2D eigenvalue weighted by atomic mass is 79.9. The van der Waals surface area contributed by atoms with Crippen LogP contribution in [0.5, 0.6) is 5.75 Å². The number of pyridine rings is 1. The third-order valence-electron chi connectivity index (χ3n) is 4.54. The molecule has 2 aliphatic rings. The van der Waals surface area contributed by atoms with Crippen LogP contribution in [0.4, 0.5) is 0 Å². The Bertz CT molecular complexity index is 654. The van der Waals surface area contributed by atoms with Gasteiger partial charge in [0.15, 0.2) is 5.75 Å². The highest BCUT2D eigenvalue weighted by Crippen LogP contribution is 2.48. The molecule has 1 aromatic rings. The van der Waals surface area contributed by atoms with E-state index in [0.717, 1.165) is 0 Å². The van der Waals surface area contributed by atoms with Crippen LogP contribution >= 0.6 is 15.9 Å². The Balaban J connectivity index is 2.20. The first-order chi connectivity index (χ1) is 9.99. The predicted octanol–water partition coefficient (Wildman–Crippen LogP) is 2.02. The molecule has 1 N–H and O–H groups in total. The Kier molecular flexibility index (Phi) is 3.71. The normalized spacial score (nSPS) is 31.2. The minimum atomic E-state index is -0.824. The van der Waals surface area contributed by atoms with Crippen molar-refractivity contribution < 1.29 is 14.6 Å². The van der Waals surface area contributed by atoms with E-state index in [1.807, 2.05) is 23.6 Å². The van der Waals surface area contributed by atoms with Crippen LogP contribution in [-0.4, -0.2) is 29.5 Å². The highest BCUT2D eigenvalue weighted by molar-refractivity contribution is 9.10. The lowest BCUT2D eigenvalue weighted by atomic mass is 9.72. The molecule has 21 heavy (non-hydrogen) atoms. The van der Waals surface area contributed by atoms with Crippen molar-refractivity contribution in [2.75, 3.05) is 13.7 Å². The molecule has 0 amide bonds. The number of aromatic nitrogens is 1. The Hall–Kier alpha value is -1.11. The van der Waals surface area contributed by atoms with E-state index in [2.05, 4.69) is 15.9 Å². The van der Waals surface area contributed by atoms with Crippen LogP contribution in [0.1, 0.15) is 25.1 Å². The van der Waals surface area contributed by atoms with E-state index in [4.69, 9.17) is 9.47 Å². The first-order valence-corrected chi connectivity index (χ1v) is 7.70. The number of nitrogens with zero attached hydrogens (tertiary/aromatic N) is 1. The minimum absolute atomic E-state index is 0.117. The number of allylic oxidation sites excluding steroid dienone is 1. The van der Waals surface area contributed by atoms with Crippen LogP contribution in [0.2, 0.25) is 0 Å². The number of aliphatic hydroxyl groups excluding tert-OH is 1. The Morgan fingerprint density at radius 3 is 3.00 bits per heavy atom. The largest absolute Gasteiger partial charge is 0.491 e. The number of fused-ring (bicyclic) bond motifs is 2. The Morgan fingerprint density at radius 2 is 2.29 bits per heavy atom. The minimum Gasteiger partial charge on any atom is -0.491 e. The second-order valence-electron chi connectivity index (χ2n) is 5.78. The van der Waals surface area contributed by atoms with Crippen molar-refractivity contribution in [3.05, 3.63) is 38.7 Å². The molecule has 114 valence electrons. The van der Waals surface area contributed by atoms with Gasteiger partial charge in [-0.25, -0.2) is 0 Å². The number of methoxy groups -OCH3 is 1. The van der Waals surface area contributed by atoms with Crippen LogP contribution in [0, 0.1) is 5.41 Å². The van der Waals surface area contributed by atoms with Gasteiger partial charge in [0.1, 0.15) is 6.10 Å². The fourth-order valence-electron chi connectivity index (χ4n) is 3.19. The maximum atomic E-state index is 12.2. The van der Waals surface area contributed by atoms with E-state index in [1.165, 1.54) is 7.11 Å². The van der Waals surface area contributed by atoms with Crippen molar-refractivity contribution in [3.63, 3.8) is 0 Å². The van der Waals surface area contributed by atoms with E-state index in [-0.39, 0.29) is 17.3 Å². The van der Waals surface area contributed by atoms with E-state index in [1.54, 1.807) is 6.20 Å². The zero-order valence-corrected chi connectivity index (χ0v) is 13.6. The predicted molar refractivity (Wildman–Crippen MR) is 81.5 cm³/mol. The molecule has 0 bridgehead atoms. The van der Waals surface area contributed by atoms with Gasteiger partial charge in [-0.3, -0.25) is 4.79 Å². The van der Waals surface area contributed by atoms with Crippen LogP contribution in [0.15, 0.2) is 27.6 Å². The average Bonchev–Trinajstić information content (AvgIpc) is 2.64. The smallest absolute Gasteiger partial charge is 0.237 e. The van der Waals surface area contributed by atoms with Crippen molar-refractivity contribution >= 4 is 15.9 Å². The van der Waals surface area contributed by atoms with E-state index in [0.29, 0.717) is 29.7 Å². The topological polar surface area (TPSA) is 60.7 Å². The Morgan fingerprint density at radius 1 is 1.52 bits per heavy atom. The third kappa shape index (κ3) is 2.17. The zero-order chi connectivity index (χ0) is 15.2. The quantitative estimate of drug-likeness (QED) is 0.783. The van der Waals surface area contributed by atoms with Crippen molar-refractivity contribution in [1.82, 2.24) is 4.57 Å². The van der Waals surface area contributed by atoms with Gasteiger partial charge in [0.25, 0.3) is 0 Å². The lowest BCUT2D eigenvalue weighted by Crippen LogP contribution is -2.47. The third-order valence-corrected chi connectivity index (χ3v) is 5.10. The summed E-state index contributed by atoms with van der Waals surface area (Å²) in [6.45, 7) is 3.12. The summed E-state index contributed by atoms with van der Waals surface area (Å²) in [6.07, 6.45) is 5.46. The fourth-order valence-corrected chi connectivity index (χ4v) is 3.62. The SMILES string of the molecule is COc1c2n(cc(Br)c1=O)CC1OCC=CCC1(C)C2O. The lowest BCUT2D eigenvalue weighted by molar-refractivity contribution is -0.111. The van der Waals surface area contributed by atoms with Crippen LogP contribution in [-0.2, 0) is 11.3 Å². The highest BCUT2D eigenvalue weighted by Gasteiger charge is 2.48. The first kappa shape index (κ1) is 14.8. The van der Waals surface area contributed by atoms with Gasteiger partial charge in [-0.1, -0.05) is 19.1 Å². The standard InChI is InChI=1S/C15H18BrNO4/c1-15-5-3-4-6-21-10(15)8-17-7-9(16)12(18)13(20-2)11(17)14(15)19/h3-4,7,10,14,19H,5-6,8H2,1-2H3. The first-order valence-electron chi connectivity index (χ1n) is 6.90. The molecule has 5 nitrogen and oxygen atoms in total. The van der Waals surface area contributed by atoms with E-state index >= 15 is 0 Å². The number of hydrogen-bond donors (Lipinski definition) is 1. The molecule has 1 aromatic heterocycles. The summed E-state index contributed by atoms with van der Waals surface area (Å²) < 4.78 is 13.4. The summed E-state index contributed by atoms with van der Waals surface area (Å²) >= 11 is 3.25. The van der Waals surface area contributed by atoms with Gasteiger partial charge in [0.2, 0.25) is 5.43 Å². The van der Waals surface area contributed by atoms with E-state index in [9.17, 15) is 9.90 Å². The number of ether oxygens (including phenoxy) is 2. The molecule has 0 fully saturated rings. The second kappa shape index (κ2) is 5.26. The summed E-state index contributed by atoms with van der Waals surface area (Å²) in [5, 5.41) is 10.9. The molecule has 0 saturated heterocycles. The molecule has 0 spiro atoms. The maximum Gasteiger partial charge on any atom is 0.237 e. The van der Waals surface area contributed by atoms with Crippen LogP contribution in [0.3, 0.4) is 0 Å². The number of rotatable bonds is 1.